The van der Waals surface area contributed by atoms with Crippen LogP contribution in [0.25, 0.3) is 0 Å². The third kappa shape index (κ3) is 4.73. The smallest absolute Gasteiger partial charge is 0.347 e. The fourth-order valence-corrected chi connectivity index (χ4v) is 1.92. The molecule has 0 aliphatic heterocycles. The first-order chi connectivity index (χ1) is 8.95. The second-order valence-electron chi connectivity index (χ2n) is 4.42. The molecule has 0 bridgehead atoms. The summed E-state index contributed by atoms with van der Waals surface area (Å²) >= 11 is 6.12. The summed E-state index contributed by atoms with van der Waals surface area (Å²) in [5.74, 6) is 0.0937. The zero-order valence-corrected chi connectivity index (χ0v) is 12.2. The van der Waals surface area contributed by atoms with Gasteiger partial charge < -0.3 is 15.2 Å². The SMILES string of the molecule is CCOC(=O)C(C)Oc1c(Cl)cccc1CC(C)N. The van der Waals surface area contributed by atoms with Gasteiger partial charge in [0.2, 0.25) is 0 Å². The number of nitrogens with two attached hydrogens (primary N) is 1. The first kappa shape index (κ1) is 15.8. The molecule has 106 valence electrons. The van der Waals surface area contributed by atoms with Gasteiger partial charge in [-0.1, -0.05) is 23.7 Å². The molecule has 0 saturated heterocycles. The van der Waals surface area contributed by atoms with E-state index in [2.05, 4.69) is 0 Å². The summed E-state index contributed by atoms with van der Waals surface area (Å²) < 4.78 is 10.5. The quantitative estimate of drug-likeness (QED) is 0.816. The number of hydrogen-bond donors (Lipinski definition) is 1. The van der Waals surface area contributed by atoms with Crippen LogP contribution in [0.4, 0.5) is 0 Å². The Labute approximate surface area is 118 Å². The van der Waals surface area contributed by atoms with Gasteiger partial charge in [0.1, 0.15) is 5.75 Å². The Morgan fingerprint density at radius 1 is 1.42 bits per heavy atom. The third-order valence-corrected chi connectivity index (χ3v) is 2.80. The highest BCUT2D eigenvalue weighted by Gasteiger charge is 2.19. The number of para-hydroxylation sites is 1. The number of hydrogen-bond acceptors (Lipinski definition) is 4. The van der Waals surface area contributed by atoms with Crippen molar-refractivity contribution >= 4 is 17.6 Å². The molecular formula is C14H20ClNO3. The van der Waals surface area contributed by atoms with Crippen LogP contribution in [0.1, 0.15) is 26.3 Å². The predicted octanol–water partition coefficient (Wildman–Crippen LogP) is 2.56. The molecule has 2 N–H and O–H groups in total. The molecule has 2 atom stereocenters. The molecule has 0 aliphatic rings. The summed E-state index contributed by atoms with van der Waals surface area (Å²) in [5, 5.41) is 0.467. The summed E-state index contributed by atoms with van der Waals surface area (Å²) in [4.78, 5) is 11.6. The second-order valence-corrected chi connectivity index (χ2v) is 4.83. The van der Waals surface area contributed by atoms with E-state index in [1.165, 1.54) is 0 Å². The number of esters is 1. The Morgan fingerprint density at radius 2 is 2.11 bits per heavy atom. The molecule has 1 aromatic carbocycles. The molecule has 2 unspecified atom stereocenters. The topological polar surface area (TPSA) is 61.5 Å². The van der Waals surface area contributed by atoms with Gasteiger partial charge in [0.15, 0.2) is 6.10 Å². The fourth-order valence-electron chi connectivity index (χ4n) is 1.68. The Kier molecular flexibility index (Phi) is 6.12. The number of carbonyl (C=O) groups excluding carboxylic acids is 1. The Morgan fingerprint density at radius 3 is 2.68 bits per heavy atom. The fraction of sp³-hybridized carbons (Fsp3) is 0.500. The maximum Gasteiger partial charge on any atom is 0.347 e. The molecule has 0 aromatic heterocycles. The maximum absolute atomic E-state index is 11.6. The van der Waals surface area contributed by atoms with E-state index in [-0.39, 0.29) is 6.04 Å². The highest BCUT2D eigenvalue weighted by atomic mass is 35.5. The molecule has 0 spiro atoms. The van der Waals surface area contributed by atoms with Crippen molar-refractivity contribution in [2.24, 2.45) is 5.73 Å². The van der Waals surface area contributed by atoms with Gasteiger partial charge in [-0.15, -0.1) is 0 Å². The van der Waals surface area contributed by atoms with E-state index in [9.17, 15) is 4.79 Å². The van der Waals surface area contributed by atoms with Crippen LogP contribution in [-0.4, -0.2) is 24.7 Å². The Balaban J connectivity index is 2.89. The van der Waals surface area contributed by atoms with Gasteiger partial charge in [0.05, 0.1) is 11.6 Å². The van der Waals surface area contributed by atoms with Gasteiger partial charge in [-0.2, -0.15) is 0 Å². The van der Waals surface area contributed by atoms with E-state index in [4.69, 9.17) is 26.8 Å². The van der Waals surface area contributed by atoms with E-state index in [1.807, 2.05) is 19.1 Å². The molecule has 4 nitrogen and oxygen atoms in total. The van der Waals surface area contributed by atoms with Crippen LogP contribution in [0.3, 0.4) is 0 Å². The Bertz CT molecular complexity index is 435. The highest BCUT2D eigenvalue weighted by Crippen LogP contribution is 2.30. The number of halogens is 1. The van der Waals surface area contributed by atoms with Gasteiger partial charge in [-0.3, -0.25) is 0 Å². The monoisotopic (exact) mass is 285 g/mol. The van der Waals surface area contributed by atoms with Crippen molar-refractivity contribution < 1.29 is 14.3 Å². The molecule has 0 heterocycles. The number of rotatable bonds is 6. The highest BCUT2D eigenvalue weighted by molar-refractivity contribution is 6.32. The van der Waals surface area contributed by atoms with Crippen LogP contribution >= 0.6 is 11.6 Å². The number of ether oxygens (including phenoxy) is 2. The van der Waals surface area contributed by atoms with Crippen molar-refractivity contribution in [1.29, 1.82) is 0 Å². The molecule has 0 radical (unpaired) electrons. The molecule has 0 aliphatic carbocycles. The standard InChI is InChI=1S/C14H20ClNO3/c1-4-18-14(17)10(3)19-13-11(8-9(2)16)6-5-7-12(13)15/h5-7,9-10H,4,8,16H2,1-3H3. The lowest BCUT2D eigenvalue weighted by atomic mass is 10.1. The van der Waals surface area contributed by atoms with E-state index >= 15 is 0 Å². The summed E-state index contributed by atoms with van der Waals surface area (Å²) in [7, 11) is 0. The average molecular weight is 286 g/mol. The predicted molar refractivity (Wildman–Crippen MR) is 75.5 cm³/mol. The van der Waals surface area contributed by atoms with Gasteiger partial charge in [-0.05, 0) is 38.8 Å². The van der Waals surface area contributed by atoms with E-state index < -0.39 is 12.1 Å². The molecule has 19 heavy (non-hydrogen) atoms. The maximum atomic E-state index is 11.6. The van der Waals surface area contributed by atoms with Crippen LogP contribution in [0, 0.1) is 0 Å². The van der Waals surface area contributed by atoms with Crippen molar-refractivity contribution in [3.05, 3.63) is 28.8 Å². The van der Waals surface area contributed by atoms with Crippen molar-refractivity contribution in [3.63, 3.8) is 0 Å². The first-order valence-corrected chi connectivity index (χ1v) is 6.69. The van der Waals surface area contributed by atoms with Gasteiger partial charge in [-0.25, -0.2) is 4.79 Å². The van der Waals surface area contributed by atoms with Crippen molar-refractivity contribution in [3.8, 4) is 5.75 Å². The lowest BCUT2D eigenvalue weighted by Gasteiger charge is -2.18. The van der Waals surface area contributed by atoms with Crippen LogP contribution in [0.15, 0.2) is 18.2 Å². The van der Waals surface area contributed by atoms with Crippen molar-refractivity contribution in [2.75, 3.05) is 6.61 Å². The van der Waals surface area contributed by atoms with Crippen molar-refractivity contribution in [2.45, 2.75) is 39.3 Å². The minimum atomic E-state index is -0.702. The molecular weight excluding hydrogens is 266 g/mol. The molecule has 1 aromatic rings. The van der Waals surface area contributed by atoms with E-state index in [1.54, 1.807) is 19.9 Å². The summed E-state index contributed by atoms with van der Waals surface area (Å²) in [6, 6.07) is 5.43. The van der Waals surface area contributed by atoms with Gasteiger partial charge in [0.25, 0.3) is 0 Å². The summed E-state index contributed by atoms with van der Waals surface area (Å²) in [6.07, 6.45) is -0.0718. The summed E-state index contributed by atoms with van der Waals surface area (Å²) in [6.45, 7) is 5.61. The first-order valence-electron chi connectivity index (χ1n) is 6.32. The minimum Gasteiger partial charge on any atom is -0.477 e. The van der Waals surface area contributed by atoms with E-state index in [0.717, 1.165) is 5.56 Å². The molecule has 0 saturated carbocycles. The van der Waals surface area contributed by atoms with Crippen LogP contribution in [0.5, 0.6) is 5.75 Å². The molecule has 0 fully saturated rings. The zero-order chi connectivity index (χ0) is 14.4. The lowest BCUT2D eigenvalue weighted by molar-refractivity contribution is -0.150. The van der Waals surface area contributed by atoms with E-state index in [0.29, 0.717) is 23.8 Å². The molecule has 1 rings (SSSR count). The van der Waals surface area contributed by atoms with Gasteiger partial charge in [0, 0.05) is 6.04 Å². The number of benzene rings is 1. The summed E-state index contributed by atoms with van der Waals surface area (Å²) in [5.41, 5.74) is 6.68. The van der Waals surface area contributed by atoms with Crippen LogP contribution < -0.4 is 10.5 Å². The lowest BCUT2D eigenvalue weighted by Crippen LogP contribution is -2.27. The third-order valence-electron chi connectivity index (χ3n) is 2.50. The normalized spacial score (nSPS) is 13.7. The zero-order valence-electron chi connectivity index (χ0n) is 11.5. The molecule has 0 amide bonds. The molecule has 5 heteroatoms. The van der Waals surface area contributed by atoms with Crippen molar-refractivity contribution in [1.82, 2.24) is 0 Å². The second kappa shape index (κ2) is 7.36. The minimum absolute atomic E-state index is 0.0151. The van der Waals surface area contributed by atoms with Crippen LogP contribution in [-0.2, 0) is 16.0 Å². The largest absolute Gasteiger partial charge is 0.477 e. The number of carbonyl (C=O) groups is 1. The van der Waals surface area contributed by atoms with Gasteiger partial charge >= 0.3 is 5.97 Å². The van der Waals surface area contributed by atoms with Crippen LogP contribution in [0.2, 0.25) is 5.02 Å². The average Bonchev–Trinajstić information content (AvgIpc) is 2.33. The Hall–Kier alpha value is -1.26.